The molecule has 2 nitrogen and oxygen atoms in total. The van der Waals surface area contributed by atoms with Gasteiger partial charge in [-0.05, 0) is 44.4 Å². The Morgan fingerprint density at radius 1 is 0.500 bits per heavy atom. The third kappa shape index (κ3) is 24.9. The molecule has 0 aromatic carbocycles. The number of hydrogen-bond donors (Lipinski definition) is 0. The molecule has 0 aromatic rings. The van der Waals surface area contributed by atoms with Crippen molar-refractivity contribution in [3.63, 3.8) is 0 Å². The molecule has 0 fully saturated rings. The zero-order valence-corrected chi connectivity index (χ0v) is 24.6. The van der Waals surface area contributed by atoms with Crippen molar-refractivity contribution in [3.05, 3.63) is 12.2 Å². The van der Waals surface area contributed by atoms with Gasteiger partial charge in [-0.1, -0.05) is 154 Å². The number of carbonyl (C=O) groups is 1. The van der Waals surface area contributed by atoms with E-state index in [1.165, 1.54) is 167 Å². The number of esters is 1. The Morgan fingerprint density at radius 3 is 1.25 bits per heavy atom. The summed E-state index contributed by atoms with van der Waals surface area (Å²) in [6, 6.07) is 0. The summed E-state index contributed by atoms with van der Waals surface area (Å²) in [7, 11) is 0. The Hall–Kier alpha value is -0.790. The average Bonchev–Trinajstić information content (AvgIpc) is 2.88. The first-order valence-corrected chi connectivity index (χ1v) is 16.6. The summed E-state index contributed by atoms with van der Waals surface area (Å²) >= 11 is 0. The molecule has 1 atom stereocenters. The Kier molecular flexibility index (Phi) is 25.2. The molecule has 2 heteroatoms. The maximum absolute atomic E-state index is 12.0. The number of ether oxygens (including phenoxy) is 1. The van der Waals surface area contributed by atoms with Crippen LogP contribution in [0.3, 0.4) is 0 Å². The SMILES string of the molecule is CC1CCCCCCC/C=C\CCCCCCCCCCCCCCCCCCCCCC(=O)OC1. The van der Waals surface area contributed by atoms with Gasteiger partial charge in [0.2, 0.25) is 0 Å². The predicted octanol–water partition coefficient (Wildman–Crippen LogP) is 11.7. The van der Waals surface area contributed by atoms with E-state index < -0.39 is 0 Å². The molecule has 0 saturated carbocycles. The first-order valence-electron chi connectivity index (χ1n) is 16.6. The van der Waals surface area contributed by atoms with Crippen LogP contribution < -0.4 is 0 Å². The Labute approximate surface area is 226 Å². The van der Waals surface area contributed by atoms with E-state index in [4.69, 9.17) is 4.74 Å². The highest BCUT2D eigenvalue weighted by Gasteiger charge is 2.07. The number of allylic oxidation sites excluding steroid dienone is 2. The zero-order valence-electron chi connectivity index (χ0n) is 24.6. The maximum Gasteiger partial charge on any atom is 0.305 e. The number of hydrogen-bond acceptors (Lipinski definition) is 2. The van der Waals surface area contributed by atoms with Gasteiger partial charge in [-0.15, -0.1) is 0 Å². The van der Waals surface area contributed by atoms with Crippen LogP contribution >= 0.6 is 0 Å². The first-order chi connectivity index (χ1) is 17.8. The molecule has 1 aliphatic rings. The number of carbonyl (C=O) groups excluding carboxylic acids is 1. The summed E-state index contributed by atoms with van der Waals surface area (Å²) in [5.74, 6) is 0.520. The molecule has 0 bridgehead atoms. The summed E-state index contributed by atoms with van der Waals surface area (Å²) in [5, 5.41) is 0. The van der Waals surface area contributed by atoms with Crippen LogP contribution in [0, 0.1) is 5.92 Å². The second-order valence-corrected chi connectivity index (χ2v) is 11.9. The van der Waals surface area contributed by atoms with Gasteiger partial charge < -0.3 is 4.74 Å². The van der Waals surface area contributed by atoms with Crippen LogP contribution in [0.1, 0.15) is 187 Å². The summed E-state index contributed by atoms with van der Waals surface area (Å²) in [6.45, 7) is 2.84. The van der Waals surface area contributed by atoms with Crippen molar-refractivity contribution >= 4 is 5.97 Å². The quantitative estimate of drug-likeness (QED) is 0.242. The molecular weight excluding hydrogens is 440 g/mol. The predicted molar refractivity (Wildman–Crippen MR) is 159 cm³/mol. The van der Waals surface area contributed by atoms with Crippen molar-refractivity contribution < 1.29 is 9.53 Å². The minimum absolute atomic E-state index is 0.0204. The van der Waals surface area contributed by atoms with E-state index in [1.807, 2.05) is 0 Å². The average molecular weight is 505 g/mol. The third-order valence-electron chi connectivity index (χ3n) is 8.01. The van der Waals surface area contributed by atoms with Gasteiger partial charge in [0.15, 0.2) is 0 Å². The minimum Gasteiger partial charge on any atom is -0.465 e. The van der Waals surface area contributed by atoms with E-state index in [1.54, 1.807) is 0 Å². The summed E-state index contributed by atoms with van der Waals surface area (Å²) in [4.78, 5) is 12.0. The third-order valence-corrected chi connectivity index (χ3v) is 8.01. The lowest BCUT2D eigenvalue weighted by Gasteiger charge is -2.12. The Balaban J connectivity index is 2.14. The van der Waals surface area contributed by atoms with Crippen LogP contribution in [-0.2, 0) is 9.53 Å². The molecule has 0 saturated heterocycles. The lowest BCUT2D eigenvalue weighted by Crippen LogP contribution is -2.11. The van der Waals surface area contributed by atoms with E-state index in [0.29, 0.717) is 18.9 Å². The Bertz CT molecular complexity index is 484. The second kappa shape index (κ2) is 27.3. The van der Waals surface area contributed by atoms with Gasteiger partial charge in [-0.3, -0.25) is 4.79 Å². The minimum atomic E-state index is 0.0204. The number of cyclic esters (lactones) is 1. The van der Waals surface area contributed by atoms with Crippen LogP contribution in [0.25, 0.3) is 0 Å². The van der Waals surface area contributed by atoms with E-state index in [9.17, 15) is 4.79 Å². The maximum atomic E-state index is 12.0. The fourth-order valence-corrected chi connectivity index (χ4v) is 5.45. The molecular formula is C34H64O2. The summed E-state index contributed by atoms with van der Waals surface area (Å²) in [6.07, 6.45) is 42.1. The smallest absolute Gasteiger partial charge is 0.305 e. The highest BCUT2D eigenvalue weighted by Crippen LogP contribution is 2.16. The van der Waals surface area contributed by atoms with Crippen molar-refractivity contribution in [2.24, 2.45) is 5.92 Å². The van der Waals surface area contributed by atoms with Crippen molar-refractivity contribution in [2.75, 3.05) is 6.61 Å². The highest BCUT2D eigenvalue weighted by atomic mass is 16.5. The molecule has 212 valence electrons. The van der Waals surface area contributed by atoms with Gasteiger partial charge in [0, 0.05) is 6.42 Å². The summed E-state index contributed by atoms with van der Waals surface area (Å²) < 4.78 is 5.53. The topological polar surface area (TPSA) is 26.3 Å². The Morgan fingerprint density at radius 2 is 0.833 bits per heavy atom. The normalized spacial score (nSPS) is 25.7. The van der Waals surface area contributed by atoms with Gasteiger partial charge in [0.1, 0.15) is 0 Å². The first kappa shape index (κ1) is 33.2. The molecule has 1 aliphatic heterocycles. The van der Waals surface area contributed by atoms with Crippen molar-refractivity contribution in [3.8, 4) is 0 Å². The number of rotatable bonds is 0. The van der Waals surface area contributed by atoms with E-state index in [2.05, 4.69) is 19.1 Å². The molecule has 1 heterocycles. The fourth-order valence-electron chi connectivity index (χ4n) is 5.45. The zero-order chi connectivity index (χ0) is 25.8. The van der Waals surface area contributed by atoms with Gasteiger partial charge in [-0.2, -0.15) is 0 Å². The van der Waals surface area contributed by atoms with Crippen molar-refractivity contribution in [1.82, 2.24) is 0 Å². The van der Waals surface area contributed by atoms with E-state index in [-0.39, 0.29) is 5.97 Å². The standard InChI is InChI=1S/C34H64O2/c1-33-30-28-26-24-22-20-18-16-14-12-10-8-6-4-2-3-5-7-9-11-13-15-17-19-21-23-25-27-29-31-34(35)36-32-33/h14,16,33H,2-13,15,17-32H2,1H3/b16-14-. The van der Waals surface area contributed by atoms with Gasteiger partial charge in [0.05, 0.1) is 6.61 Å². The van der Waals surface area contributed by atoms with Gasteiger partial charge in [0.25, 0.3) is 0 Å². The molecule has 0 amide bonds. The molecule has 0 N–H and O–H groups in total. The van der Waals surface area contributed by atoms with Gasteiger partial charge in [-0.25, -0.2) is 0 Å². The summed E-state index contributed by atoms with van der Waals surface area (Å²) in [5.41, 5.74) is 0. The van der Waals surface area contributed by atoms with Crippen LogP contribution in [-0.4, -0.2) is 12.6 Å². The van der Waals surface area contributed by atoms with Crippen molar-refractivity contribution in [1.29, 1.82) is 0 Å². The van der Waals surface area contributed by atoms with E-state index >= 15 is 0 Å². The second-order valence-electron chi connectivity index (χ2n) is 11.9. The lowest BCUT2D eigenvalue weighted by molar-refractivity contribution is -0.145. The molecule has 0 radical (unpaired) electrons. The lowest BCUT2D eigenvalue weighted by atomic mass is 10.0. The van der Waals surface area contributed by atoms with Crippen LogP contribution in [0.2, 0.25) is 0 Å². The monoisotopic (exact) mass is 504 g/mol. The molecule has 0 aromatic heterocycles. The molecule has 0 spiro atoms. The molecule has 36 heavy (non-hydrogen) atoms. The fraction of sp³-hybridized carbons (Fsp3) is 0.912. The molecule has 1 rings (SSSR count). The largest absolute Gasteiger partial charge is 0.465 e. The van der Waals surface area contributed by atoms with Crippen molar-refractivity contribution in [2.45, 2.75) is 187 Å². The van der Waals surface area contributed by atoms with Crippen LogP contribution in [0.15, 0.2) is 12.2 Å². The van der Waals surface area contributed by atoms with Crippen LogP contribution in [0.4, 0.5) is 0 Å². The molecule has 0 aliphatic carbocycles. The van der Waals surface area contributed by atoms with E-state index in [0.717, 1.165) is 6.42 Å². The highest BCUT2D eigenvalue weighted by molar-refractivity contribution is 5.69. The molecule has 1 unspecified atom stereocenters. The van der Waals surface area contributed by atoms with Crippen LogP contribution in [0.5, 0.6) is 0 Å². The van der Waals surface area contributed by atoms with Gasteiger partial charge >= 0.3 is 5.97 Å².